The number of ether oxygens (including phenoxy) is 1. The van der Waals surface area contributed by atoms with Gasteiger partial charge < -0.3 is 15.4 Å². The van der Waals surface area contributed by atoms with Gasteiger partial charge in [-0.1, -0.05) is 6.07 Å². The number of hydrogen-bond acceptors (Lipinski definition) is 7. The second-order valence-corrected chi connectivity index (χ2v) is 11.0. The molecule has 1 saturated carbocycles. The predicted octanol–water partition coefficient (Wildman–Crippen LogP) is 4.10. The molecule has 11 heteroatoms. The van der Waals surface area contributed by atoms with Crippen LogP contribution in [0.4, 0.5) is 4.79 Å². The highest BCUT2D eigenvalue weighted by molar-refractivity contribution is 5.99. The standard InChI is InChI=1S/C28H34N8O3/c1-18-6-11-24(30-15-18)36-21(16-31-26(37)22-17-32-35-13-5-12-29-25(22)35)14-23(34-36)19-7-9-20(10-8-19)33-27(38)39-28(2,3)4/h5-6,11-15,17,19-20H,7-10,16H2,1-4H3,(H,31,37)(H,33,38). The molecule has 39 heavy (non-hydrogen) atoms. The molecule has 5 rings (SSSR count). The number of alkyl carbamates (subject to hydrolysis) is 1. The first kappa shape index (κ1) is 26.3. The minimum Gasteiger partial charge on any atom is -0.444 e. The molecule has 2 N–H and O–H groups in total. The van der Waals surface area contributed by atoms with Gasteiger partial charge in [0.15, 0.2) is 11.5 Å². The molecule has 0 radical (unpaired) electrons. The summed E-state index contributed by atoms with van der Waals surface area (Å²) in [5.74, 6) is 0.671. The molecular weight excluding hydrogens is 496 g/mol. The van der Waals surface area contributed by atoms with E-state index in [1.165, 1.54) is 6.20 Å². The van der Waals surface area contributed by atoms with E-state index < -0.39 is 5.60 Å². The Morgan fingerprint density at radius 2 is 1.90 bits per heavy atom. The van der Waals surface area contributed by atoms with Crippen LogP contribution in [0.1, 0.15) is 79.7 Å². The van der Waals surface area contributed by atoms with E-state index in [2.05, 4.69) is 25.7 Å². The lowest BCUT2D eigenvalue weighted by molar-refractivity contribution is 0.0491. The summed E-state index contributed by atoms with van der Waals surface area (Å²) in [5, 5.41) is 15.1. The Balaban J connectivity index is 1.30. The van der Waals surface area contributed by atoms with E-state index in [-0.39, 0.29) is 30.5 Å². The van der Waals surface area contributed by atoms with Gasteiger partial charge in [0.1, 0.15) is 11.2 Å². The van der Waals surface area contributed by atoms with Crippen molar-refractivity contribution in [2.45, 2.75) is 77.5 Å². The topological polar surface area (TPSA) is 128 Å². The van der Waals surface area contributed by atoms with Gasteiger partial charge in [-0.3, -0.25) is 4.79 Å². The van der Waals surface area contributed by atoms with Gasteiger partial charge in [0.25, 0.3) is 5.91 Å². The summed E-state index contributed by atoms with van der Waals surface area (Å²) in [6, 6.07) is 7.80. The molecule has 11 nitrogen and oxygen atoms in total. The first-order valence-corrected chi connectivity index (χ1v) is 13.2. The maximum Gasteiger partial charge on any atom is 0.407 e. The molecule has 4 aromatic rings. The average Bonchev–Trinajstić information content (AvgIpc) is 3.52. The summed E-state index contributed by atoms with van der Waals surface area (Å²) in [6.07, 6.45) is 9.79. The third-order valence-corrected chi connectivity index (χ3v) is 6.74. The molecule has 0 bridgehead atoms. The van der Waals surface area contributed by atoms with Crippen LogP contribution in [-0.4, -0.2) is 53.0 Å². The fourth-order valence-electron chi connectivity index (χ4n) is 4.81. The molecule has 0 aliphatic heterocycles. The molecule has 0 aromatic carbocycles. The number of nitrogens with zero attached hydrogens (tertiary/aromatic N) is 6. The summed E-state index contributed by atoms with van der Waals surface area (Å²) < 4.78 is 8.78. The maximum absolute atomic E-state index is 13.0. The molecule has 0 saturated heterocycles. The highest BCUT2D eigenvalue weighted by Crippen LogP contribution is 2.33. The minimum atomic E-state index is -0.522. The third kappa shape index (κ3) is 6.24. The molecule has 4 aromatic heterocycles. The lowest BCUT2D eigenvalue weighted by Crippen LogP contribution is -2.40. The second-order valence-electron chi connectivity index (χ2n) is 11.0. The van der Waals surface area contributed by atoms with Crippen molar-refractivity contribution in [1.29, 1.82) is 0 Å². The van der Waals surface area contributed by atoms with E-state index in [0.29, 0.717) is 17.0 Å². The van der Waals surface area contributed by atoms with Crippen LogP contribution in [0.25, 0.3) is 11.5 Å². The summed E-state index contributed by atoms with van der Waals surface area (Å²) in [4.78, 5) is 34.0. The Morgan fingerprint density at radius 3 is 2.62 bits per heavy atom. The number of aromatic nitrogens is 6. The number of nitrogens with one attached hydrogen (secondary N) is 2. The van der Waals surface area contributed by atoms with Crippen LogP contribution in [0.2, 0.25) is 0 Å². The number of rotatable bonds is 6. The first-order valence-electron chi connectivity index (χ1n) is 13.2. The number of pyridine rings is 1. The van der Waals surface area contributed by atoms with Crippen molar-refractivity contribution < 1.29 is 14.3 Å². The number of fused-ring (bicyclic) bond motifs is 1. The van der Waals surface area contributed by atoms with Crippen LogP contribution in [0.15, 0.2) is 49.1 Å². The average molecular weight is 531 g/mol. The lowest BCUT2D eigenvalue weighted by atomic mass is 9.84. The molecular formula is C28H34N8O3. The van der Waals surface area contributed by atoms with Gasteiger partial charge in [0, 0.05) is 30.6 Å². The Hall–Kier alpha value is -4.28. The molecule has 2 amide bonds. The van der Waals surface area contributed by atoms with Crippen molar-refractivity contribution in [1.82, 2.24) is 40.0 Å². The number of carbonyl (C=O) groups excluding carboxylic acids is 2. The Morgan fingerprint density at radius 1 is 1.10 bits per heavy atom. The van der Waals surface area contributed by atoms with Gasteiger partial charge in [0.2, 0.25) is 0 Å². The maximum atomic E-state index is 13.0. The lowest BCUT2D eigenvalue weighted by Gasteiger charge is -2.29. The zero-order valence-corrected chi connectivity index (χ0v) is 22.7. The van der Waals surface area contributed by atoms with Crippen LogP contribution >= 0.6 is 0 Å². The van der Waals surface area contributed by atoms with Crippen LogP contribution in [0, 0.1) is 6.92 Å². The highest BCUT2D eigenvalue weighted by Gasteiger charge is 2.28. The molecule has 204 valence electrons. The van der Waals surface area contributed by atoms with E-state index in [1.54, 1.807) is 33.9 Å². The molecule has 0 spiro atoms. The van der Waals surface area contributed by atoms with Crippen molar-refractivity contribution in [3.8, 4) is 5.82 Å². The van der Waals surface area contributed by atoms with Gasteiger partial charge in [0.05, 0.1) is 24.1 Å². The largest absolute Gasteiger partial charge is 0.444 e. The fraction of sp³-hybridized carbons (Fsp3) is 0.429. The Bertz CT molecular complexity index is 1460. The molecule has 1 fully saturated rings. The van der Waals surface area contributed by atoms with E-state index in [0.717, 1.165) is 42.6 Å². The number of amides is 2. The van der Waals surface area contributed by atoms with Crippen LogP contribution in [0.3, 0.4) is 0 Å². The zero-order chi connectivity index (χ0) is 27.6. The number of hydrogen-bond donors (Lipinski definition) is 2. The van der Waals surface area contributed by atoms with Gasteiger partial charge in [-0.2, -0.15) is 10.2 Å². The Labute approximate surface area is 227 Å². The number of carbonyl (C=O) groups is 2. The molecule has 0 unspecified atom stereocenters. The summed E-state index contributed by atoms with van der Waals surface area (Å²) in [5.41, 5.74) is 3.22. The summed E-state index contributed by atoms with van der Waals surface area (Å²) >= 11 is 0. The smallest absolute Gasteiger partial charge is 0.407 e. The van der Waals surface area contributed by atoms with E-state index in [9.17, 15) is 9.59 Å². The van der Waals surface area contributed by atoms with Gasteiger partial charge in [-0.15, -0.1) is 0 Å². The van der Waals surface area contributed by atoms with Gasteiger partial charge in [-0.25, -0.2) is 24.0 Å². The molecule has 0 atom stereocenters. The van der Waals surface area contributed by atoms with Crippen molar-refractivity contribution in [2.75, 3.05) is 0 Å². The van der Waals surface area contributed by atoms with Crippen molar-refractivity contribution >= 4 is 17.6 Å². The zero-order valence-electron chi connectivity index (χ0n) is 22.7. The summed E-state index contributed by atoms with van der Waals surface area (Å²) in [7, 11) is 0. The van der Waals surface area contributed by atoms with Crippen LogP contribution in [-0.2, 0) is 11.3 Å². The monoisotopic (exact) mass is 530 g/mol. The molecule has 4 heterocycles. The third-order valence-electron chi connectivity index (χ3n) is 6.74. The Kier molecular flexibility index (Phi) is 7.32. The SMILES string of the molecule is Cc1ccc(-n2nc(C3CCC(NC(=O)OC(C)(C)C)CC3)cc2CNC(=O)c2cnn3cccnc23)nc1. The predicted molar refractivity (Wildman–Crippen MR) is 145 cm³/mol. The second kappa shape index (κ2) is 10.8. The van der Waals surface area contributed by atoms with Crippen molar-refractivity contribution in [3.63, 3.8) is 0 Å². The quantitative estimate of drug-likeness (QED) is 0.384. The van der Waals surface area contributed by atoms with Crippen molar-refractivity contribution in [3.05, 3.63) is 71.6 Å². The van der Waals surface area contributed by atoms with E-state index in [1.807, 2.05) is 45.9 Å². The number of aryl methyl sites for hydroxylation is 1. The van der Waals surface area contributed by atoms with E-state index in [4.69, 9.17) is 9.84 Å². The highest BCUT2D eigenvalue weighted by atomic mass is 16.6. The molecule has 1 aliphatic rings. The first-order chi connectivity index (χ1) is 18.7. The van der Waals surface area contributed by atoms with E-state index >= 15 is 0 Å². The van der Waals surface area contributed by atoms with Crippen LogP contribution in [0.5, 0.6) is 0 Å². The normalized spacial score (nSPS) is 17.6. The minimum absolute atomic E-state index is 0.0789. The van der Waals surface area contributed by atoms with Crippen molar-refractivity contribution in [2.24, 2.45) is 0 Å². The summed E-state index contributed by atoms with van der Waals surface area (Å²) in [6.45, 7) is 7.83. The fourth-order valence-corrected chi connectivity index (χ4v) is 4.81. The molecule has 1 aliphatic carbocycles. The van der Waals surface area contributed by atoms with Gasteiger partial charge >= 0.3 is 6.09 Å². The van der Waals surface area contributed by atoms with Gasteiger partial charge in [-0.05, 0) is 77.1 Å². The van der Waals surface area contributed by atoms with Crippen LogP contribution < -0.4 is 10.6 Å².